The van der Waals surface area contributed by atoms with Crippen LogP contribution in [0.5, 0.6) is 0 Å². The summed E-state index contributed by atoms with van der Waals surface area (Å²) in [5.41, 5.74) is 8.55. The maximum Gasteiger partial charge on any atom is 0.126 e. The second-order valence-corrected chi connectivity index (χ2v) is 11.6. The molecule has 33 heavy (non-hydrogen) atoms. The number of hydrogen-bond acceptors (Lipinski definition) is 2. The molecule has 3 heteroatoms. The Hall–Kier alpha value is -0.930. The van der Waals surface area contributed by atoms with Crippen LogP contribution in [0.25, 0.3) is 0 Å². The summed E-state index contributed by atoms with van der Waals surface area (Å²) in [5.74, 6) is 3.58. The molecule has 1 unspecified atom stereocenters. The summed E-state index contributed by atoms with van der Waals surface area (Å²) in [4.78, 5) is 0. The number of benzene rings is 1. The van der Waals surface area contributed by atoms with Crippen molar-refractivity contribution in [3.63, 3.8) is 0 Å². The summed E-state index contributed by atoms with van der Waals surface area (Å²) < 4.78 is 15.2. The lowest BCUT2D eigenvalue weighted by molar-refractivity contribution is 0.149. The van der Waals surface area contributed by atoms with Crippen molar-refractivity contribution in [2.75, 3.05) is 6.54 Å². The fraction of sp³-hybridized carbons (Fsp3) is 0.800. The van der Waals surface area contributed by atoms with E-state index in [1.54, 1.807) is 0 Å². The molecule has 186 valence electrons. The Balaban J connectivity index is 1.25. The average molecular weight is 457 g/mol. The minimum atomic E-state index is 0.0603. The van der Waals surface area contributed by atoms with Gasteiger partial charge in [-0.25, -0.2) is 4.39 Å². The van der Waals surface area contributed by atoms with E-state index in [0.717, 1.165) is 49.1 Å². The molecule has 0 bridgehead atoms. The molecular formula is C30H49FN2. The van der Waals surface area contributed by atoms with E-state index in [1.807, 2.05) is 6.07 Å². The highest BCUT2D eigenvalue weighted by atomic mass is 19.1. The van der Waals surface area contributed by atoms with Gasteiger partial charge in [0, 0.05) is 12.1 Å². The molecule has 0 radical (unpaired) electrons. The first-order valence-electron chi connectivity index (χ1n) is 14.4. The van der Waals surface area contributed by atoms with Crippen LogP contribution in [0, 0.1) is 23.6 Å². The van der Waals surface area contributed by atoms with E-state index in [4.69, 9.17) is 5.73 Å². The molecule has 1 aromatic carbocycles. The molecule has 3 N–H and O–H groups in total. The zero-order valence-corrected chi connectivity index (χ0v) is 21.3. The Morgan fingerprint density at radius 1 is 0.848 bits per heavy atom. The van der Waals surface area contributed by atoms with E-state index in [-0.39, 0.29) is 5.82 Å². The first-order valence-corrected chi connectivity index (χ1v) is 14.4. The predicted octanol–water partition coefficient (Wildman–Crippen LogP) is 7.67. The monoisotopic (exact) mass is 456 g/mol. The normalized spacial score (nSPS) is 34.2. The summed E-state index contributed by atoms with van der Waals surface area (Å²) in [6, 6.07) is 7.35. The molecule has 1 aromatic rings. The van der Waals surface area contributed by atoms with Crippen molar-refractivity contribution in [1.82, 2.24) is 5.32 Å². The maximum absolute atomic E-state index is 15.2. The van der Waals surface area contributed by atoms with E-state index in [0.29, 0.717) is 23.9 Å². The molecule has 0 heterocycles. The van der Waals surface area contributed by atoms with E-state index in [9.17, 15) is 0 Å². The van der Waals surface area contributed by atoms with E-state index in [2.05, 4.69) is 31.3 Å². The molecule has 0 saturated heterocycles. The summed E-state index contributed by atoms with van der Waals surface area (Å²) in [6.45, 7) is 5.55. The zero-order valence-electron chi connectivity index (χ0n) is 21.3. The molecule has 4 rings (SSSR count). The van der Waals surface area contributed by atoms with E-state index >= 15 is 4.39 Å². The highest BCUT2D eigenvalue weighted by Crippen LogP contribution is 2.45. The van der Waals surface area contributed by atoms with E-state index < -0.39 is 0 Å². The Bertz CT molecular complexity index is 710. The van der Waals surface area contributed by atoms with Crippen LogP contribution in [0.2, 0.25) is 0 Å². The molecule has 3 aliphatic rings. The van der Waals surface area contributed by atoms with Gasteiger partial charge in [-0.1, -0.05) is 26.0 Å². The topological polar surface area (TPSA) is 38.0 Å². The van der Waals surface area contributed by atoms with Gasteiger partial charge in [-0.2, -0.15) is 0 Å². The second kappa shape index (κ2) is 12.2. The van der Waals surface area contributed by atoms with Gasteiger partial charge in [0.2, 0.25) is 0 Å². The van der Waals surface area contributed by atoms with Crippen molar-refractivity contribution in [3.8, 4) is 0 Å². The van der Waals surface area contributed by atoms with Crippen LogP contribution in [-0.2, 0) is 0 Å². The molecule has 0 amide bonds. The largest absolute Gasteiger partial charge is 0.327 e. The molecule has 2 nitrogen and oxygen atoms in total. The minimum absolute atomic E-state index is 0.0603. The van der Waals surface area contributed by atoms with Gasteiger partial charge in [-0.3, -0.25) is 0 Å². The summed E-state index contributed by atoms with van der Waals surface area (Å²) >= 11 is 0. The Morgan fingerprint density at radius 2 is 1.45 bits per heavy atom. The molecule has 3 fully saturated rings. The van der Waals surface area contributed by atoms with Crippen LogP contribution < -0.4 is 11.1 Å². The molecule has 0 aliphatic heterocycles. The molecule has 0 spiro atoms. The molecule has 0 aromatic heterocycles. The van der Waals surface area contributed by atoms with Crippen molar-refractivity contribution in [1.29, 1.82) is 0 Å². The number of halogens is 1. The van der Waals surface area contributed by atoms with Crippen LogP contribution in [0.3, 0.4) is 0 Å². The third-order valence-electron chi connectivity index (χ3n) is 9.68. The summed E-state index contributed by atoms with van der Waals surface area (Å²) in [5, 5.41) is 3.65. The van der Waals surface area contributed by atoms with E-state index in [1.165, 1.54) is 76.2 Å². The first-order chi connectivity index (χ1) is 16.1. The molecule has 3 aliphatic carbocycles. The molecular weight excluding hydrogens is 407 g/mol. The molecule has 3 saturated carbocycles. The SMILES string of the molecule is CCCNC1CCC(c2ccc(C3CCC(C4CCC(C(N)CC)CC4)CC3)cc2F)CC1. The van der Waals surface area contributed by atoms with Crippen molar-refractivity contribution in [2.24, 2.45) is 23.5 Å². The lowest BCUT2D eigenvalue weighted by Crippen LogP contribution is -2.34. The van der Waals surface area contributed by atoms with Crippen LogP contribution in [-0.4, -0.2) is 18.6 Å². The van der Waals surface area contributed by atoms with Gasteiger partial charge in [0.15, 0.2) is 0 Å². The van der Waals surface area contributed by atoms with Crippen LogP contribution in [0.1, 0.15) is 127 Å². The number of nitrogens with one attached hydrogen (secondary N) is 1. The highest BCUT2D eigenvalue weighted by Gasteiger charge is 2.33. The number of nitrogens with two attached hydrogens (primary N) is 1. The third kappa shape index (κ3) is 6.40. The second-order valence-electron chi connectivity index (χ2n) is 11.6. The summed E-state index contributed by atoms with van der Waals surface area (Å²) in [6.07, 6.45) is 17.5. The van der Waals surface area contributed by atoms with Crippen LogP contribution in [0.4, 0.5) is 4.39 Å². The molecule has 1 atom stereocenters. The lowest BCUT2D eigenvalue weighted by atomic mass is 9.67. The average Bonchev–Trinajstić information content (AvgIpc) is 2.87. The Labute approximate surface area is 202 Å². The fourth-order valence-corrected chi connectivity index (χ4v) is 7.39. The quantitative estimate of drug-likeness (QED) is 0.421. The maximum atomic E-state index is 15.2. The van der Waals surface area contributed by atoms with Gasteiger partial charge in [0.05, 0.1) is 0 Å². The Morgan fingerprint density at radius 3 is 2.03 bits per heavy atom. The fourth-order valence-electron chi connectivity index (χ4n) is 7.39. The minimum Gasteiger partial charge on any atom is -0.327 e. The lowest BCUT2D eigenvalue weighted by Gasteiger charge is -2.39. The van der Waals surface area contributed by atoms with Gasteiger partial charge in [-0.05, 0) is 143 Å². The van der Waals surface area contributed by atoms with Gasteiger partial charge < -0.3 is 11.1 Å². The van der Waals surface area contributed by atoms with Crippen molar-refractivity contribution < 1.29 is 4.39 Å². The van der Waals surface area contributed by atoms with Crippen molar-refractivity contribution in [2.45, 2.75) is 128 Å². The van der Waals surface area contributed by atoms with Crippen LogP contribution >= 0.6 is 0 Å². The number of rotatable bonds is 8. The predicted molar refractivity (Wildman–Crippen MR) is 138 cm³/mol. The van der Waals surface area contributed by atoms with Crippen molar-refractivity contribution >= 4 is 0 Å². The standard InChI is InChI=1S/C30H49FN2/c1-3-19-33-27-16-13-24(14-17-27)28-18-15-26(20-29(28)31)23-7-5-21(6-8-23)22-9-11-25(12-10-22)30(32)4-2/h15,18,20-25,27,30,33H,3-14,16-17,19,32H2,1-2H3. The van der Waals surface area contributed by atoms with Crippen LogP contribution in [0.15, 0.2) is 18.2 Å². The highest BCUT2D eigenvalue weighted by molar-refractivity contribution is 5.30. The third-order valence-corrected chi connectivity index (χ3v) is 9.68. The first kappa shape index (κ1) is 25.2. The zero-order chi connectivity index (χ0) is 23.2. The smallest absolute Gasteiger partial charge is 0.126 e. The van der Waals surface area contributed by atoms with Gasteiger partial charge in [-0.15, -0.1) is 0 Å². The van der Waals surface area contributed by atoms with Gasteiger partial charge in [0.1, 0.15) is 5.82 Å². The van der Waals surface area contributed by atoms with Gasteiger partial charge in [0.25, 0.3) is 0 Å². The number of hydrogen-bond donors (Lipinski definition) is 2. The van der Waals surface area contributed by atoms with Gasteiger partial charge >= 0.3 is 0 Å². The Kier molecular flexibility index (Phi) is 9.27. The van der Waals surface area contributed by atoms with Crippen molar-refractivity contribution in [3.05, 3.63) is 35.1 Å². The summed E-state index contributed by atoms with van der Waals surface area (Å²) in [7, 11) is 0.